The standard InChI is InChI=1S/C53H61N3O7S2/c1-32(57)4-2-6-44-36-14-19-53(62)30-51(44)18-15-38(58)11-8-33-10-13-47(60)49(23-33)63-21-17-34-9-12-46(59)43(22-34)42-26-48(61)39-16-20-56-45(39)7-3-5-35-24-41(50(54)55)37(25-40(35)42)28-64-65-31-52(53,27-36)29-51/h9-10,12-13,15-16,18,20,22-25,32,36,42,44,50,57,59-62H,2,4,6-8,11,14,17,19,21,26-31,54-55H2,1H3/p-1/b18-15+,48-39?/t32-,36-,42-,44+,51-,52+,53+/m0/s1. The SMILES string of the molecule is C[C@H](O)CCC[C@@H]1[C@H]2CC[C@@]3(O)C[C@@]14/C=C/C(=O)CCc1ccc(O)c(c1)OCCc1ccc(O)c(c1)[C@H]1CC([O-])=C5C=CN=C5CC#Cc5cc(C(N)N)c(cc51)CSSC[C@@]3(C2)C4. The van der Waals surface area contributed by atoms with Gasteiger partial charge in [0.1, 0.15) is 5.75 Å². The van der Waals surface area contributed by atoms with Gasteiger partial charge in [-0.05, 0) is 152 Å². The molecule has 0 amide bonds. The summed E-state index contributed by atoms with van der Waals surface area (Å²) in [4.78, 5) is 18.2. The first kappa shape index (κ1) is 45.7. The molecule has 3 aromatic carbocycles. The fraction of sp³-hybridized carbons (Fsp3) is 0.472. The fourth-order valence-corrected chi connectivity index (χ4v) is 15.0. The van der Waals surface area contributed by atoms with E-state index in [9.17, 15) is 30.3 Å². The predicted octanol–water partition coefficient (Wildman–Crippen LogP) is 7.93. The van der Waals surface area contributed by atoms with E-state index in [1.54, 1.807) is 58.1 Å². The molecule has 2 heterocycles. The van der Waals surface area contributed by atoms with Gasteiger partial charge in [-0.25, -0.2) is 0 Å². The molecule has 65 heavy (non-hydrogen) atoms. The van der Waals surface area contributed by atoms with Crippen LogP contribution < -0.4 is 21.3 Å². The van der Waals surface area contributed by atoms with Gasteiger partial charge in [-0.1, -0.05) is 70.2 Å². The molecule has 0 saturated heterocycles. The Morgan fingerprint density at radius 2 is 1.82 bits per heavy atom. The Balaban J connectivity index is 1.11. The quantitative estimate of drug-likeness (QED) is 0.0827. The zero-order valence-electron chi connectivity index (χ0n) is 37.1. The molecule has 8 N–H and O–H groups in total. The fourth-order valence-electron chi connectivity index (χ4n) is 12.1. The van der Waals surface area contributed by atoms with Crippen LogP contribution in [0.15, 0.2) is 89.3 Å². The molecule has 0 aromatic heterocycles. The number of rotatable bonds is 5. The zero-order valence-corrected chi connectivity index (χ0v) is 38.7. The van der Waals surface area contributed by atoms with Crippen LogP contribution in [0, 0.1) is 34.5 Å². The second-order valence-corrected chi connectivity index (χ2v) is 22.0. The third kappa shape index (κ3) is 9.17. The van der Waals surface area contributed by atoms with Crippen molar-refractivity contribution in [3.8, 4) is 29.1 Å². The lowest BCUT2D eigenvalue weighted by Crippen LogP contribution is -2.52. The van der Waals surface area contributed by atoms with Gasteiger partial charge in [0.15, 0.2) is 17.3 Å². The van der Waals surface area contributed by atoms with Crippen molar-refractivity contribution in [1.82, 2.24) is 0 Å². The highest BCUT2D eigenvalue weighted by molar-refractivity contribution is 8.76. The number of carbonyl (C=O) groups is 1. The van der Waals surface area contributed by atoms with Gasteiger partial charge in [-0.15, -0.1) is 5.76 Å². The molecule has 0 radical (unpaired) electrons. The number of aliphatic imine (C=N–C) groups is 1. The largest absolute Gasteiger partial charge is 0.875 e. The number of phenolic OH excluding ortho intramolecular Hbond substituents is 2. The highest BCUT2D eigenvalue weighted by Gasteiger charge is 2.70. The minimum atomic E-state index is -0.868. The minimum Gasteiger partial charge on any atom is -0.875 e. The van der Waals surface area contributed by atoms with Gasteiger partial charge < -0.3 is 41.7 Å². The summed E-state index contributed by atoms with van der Waals surface area (Å²) in [6, 6.07) is 14.6. The van der Waals surface area contributed by atoms with Crippen LogP contribution in [0.1, 0.15) is 129 Å². The Labute approximate surface area is 390 Å². The minimum absolute atomic E-state index is 0.00170. The number of ketones is 1. The number of aromatic hydroxyl groups is 2. The summed E-state index contributed by atoms with van der Waals surface area (Å²) in [5.74, 6) is 8.38. The molecule has 2 aliphatic heterocycles. The molecule has 9 bridgehead atoms. The first-order chi connectivity index (χ1) is 31.3. The van der Waals surface area contributed by atoms with Crippen molar-refractivity contribution in [2.75, 3.05) is 12.4 Å². The summed E-state index contributed by atoms with van der Waals surface area (Å²) in [6.07, 6.45) is 14.4. The average Bonchev–Trinajstić information content (AvgIpc) is 3.81. The van der Waals surface area contributed by atoms with Crippen molar-refractivity contribution in [1.29, 1.82) is 0 Å². The lowest BCUT2D eigenvalue weighted by Gasteiger charge is -2.54. The van der Waals surface area contributed by atoms with Crippen LogP contribution in [-0.2, 0) is 23.4 Å². The van der Waals surface area contributed by atoms with Gasteiger partial charge >= 0.3 is 0 Å². The molecule has 3 fully saturated rings. The lowest BCUT2D eigenvalue weighted by molar-refractivity contribution is -0.307. The lowest BCUT2D eigenvalue weighted by atomic mass is 9.53. The number of aryl methyl sites for hydroxylation is 1. The van der Waals surface area contributed by atoms with E-state index in [-0.39, 0.29) is 53.0 Å². The third-order valence-electron chi connectivity index (χ3n) is 15.3. The topological polar surface area (TPSA) is 195 Å². The molecule has 12 heteroatoms. The van der Waals surface area contributed by atoms with Gasteiger partial charge in [0.05, 0.1) is 36.6 Å². The summed E-state index contributed by atoms with van der Waals surface area (Å²) in [5, 5.41) is 59.6. The van der Waals surface area contributed by atoms with Crippen LogP contribution >= 0.6 is 21.6 Å². The predicted molar refractivity (Wildman–Crippen MR) is 256 cm³/mol. The molecule has 6 aliphatic rings. The number of hydrogen-bond donors (Lipinski definition) is 6. The Morgan fingerprint density at radius 3 is 2.63 bits per heavy atom. The number of nitrogens with zero attached hydrogens (tertiary/aromatic N) is 1. The van der Waals surface area contributed by atoms with E-state index in [4.69, 9.17) is 16.2 Å². The Bertz CT molecular complexity index is 2540. The molecule has 7 atom stereocenters. The first-order valence-corrected chi connectivity index (χ1v) is 25.7. The zero-order chi connectivity index (χ0) is 45.5. The number of nitrogens with two attached hydrogens (primary N) is 2. The number of ether oxygens (including phenoxy) is 1. The molecule has 10 nitrogen and oxygen atoms in total. The van der Waals surface area contributed by atoms with E-state index in [1.165, 1.54) is 0 Å². The van der Waals surface area contributed by atoms with Gasteiger partial charge in [0, 0.05) is 53.0 Å². The van der Waals surface area contributed by atoms with E-state index in [1.807, 2.05) is 31.2 Å². The van der Waals surface area contributed by atoms with Crippen molar-refractivity contribution in [3.05, 3.63) is 123 Å². The molecule has 342 valence electrons. The van der Waals surface area contributed by atoms with Gasteiger partial charge in [0.25, 0.3) is 0 Å². The summed E-state index contributed by atoms with van der Waals surface area (Å²) in [5.41, 5.74) is 18.1. The first-order valence-electron chi connectivity index (χ1n) is 23.2. The maximum Gasteiger partial charge on any atom is 0.161 e. The molecule has 3 saturated carbocycles. The van der Waals surface area contributed by atoms with Crippen LogP contribution in [-0.4, -0.2) is 56.0 Å². The van der Waals surface area contributed by atoms with Crippen molar-refractivity contribution >= 4 is 33.1 Å². The second-order valence-electron chi connectivity index (χ2n) is 19.5. The number of aliphatic hydroxyl groups excluding tert-OH is 1. The molecular formula is C53H60N3O7S2-. The number of aliphatic hydroxyl groups is 2. The van der Waals surface area contributed by atoms with Crippen molar-refractivity contribution < 1.29 is 35.1 Å². The van der Waals surface area contributed by atoms with Crippen LogP contribution in [0.25, 0.3) is 0 Å². The number of hydrogen-bond acceptors (Lipinski definition) is 12. The van der Waals surface area contributed by atoms with E-state index >= 15 is 0 Å². The molecule has 9 rings (SSSR count). The monoisotopic (exact) mass is 914 g/mol. The number of fused-ring (bicyclic) bond motifs is 8. The maximum atomic E-state index is 14.2. The van der Waals surface area contributed by atoms with Gasteiger partial charge in [-0.3, -0.25) is 9.79 Å². The summed E-state index contributed by atoms with van der Waals surface area (Å²) < 4.78 is 6.16. The molecule has 3 aromatic rings. The van der Waals surface area contributed by atoms with E-state index in [0.717, 1.165) is 78.5 Å². The van der Waals surface area contributed by atoms with Crippen LogP contribution in [0.5, 0.6) is 17.2 Å². The van der Waals surface area contributed by atoms with Crippen molar-refractivity contribution in [2.45, 2.75) is 120 Å². The van der Waals surface area contributed by atoms with Gasteiger partial charge in [-0.2, -0.15) is 0 Å². The smallest absolute Gasteiger partial charge is 0.161 e. The van der Waals surface area contributed by atoms with E-state index in [0.29, 0.717) is 77.9 Å². The molecule has 1 spiro atoms. The van der Waals surface area contributed by atoms with Crippen LogP contribution in [0.3, 0.4) is 0 Å². The third-order valence-corrected chi connectivity index (χ3v) is 17.8. The Morgan fingerprint density at radius 1 is 1.00 bits per heavy atom. The summed E-state index contributed by atoms with van der Waals surface area (Å²) >= 11 is 0. The number of allylic oxidation sites excluding steroid dienone is 5. The van der Waals surface area contributed by atoms with E-state index < -0.39 is 17.7 Å². The Hall–Kier alpha value is -4.48. The highest BCUT2D eigenvalue weighted by Crippen LogP contribution is 2.73. The molecule has 0 unspecified atom stereocenters. The number of phenols is 2. The number of carbonyl (C=O) groups excluding carboxylic acids is 1. The van der Waals surface area contributed by atoms with Crippen LogP contribution in [0.4, 0.5) is 0 Å². The van der Waals surface area contributed by atoms with E-state index in [2.05, 4.69) is 29.0 Å². The normalized spacial score (nSPS) is 29.7. The van der Waals surface area contributed by atoms with Crippen LogP contribution in [0.2, 0.25) is 0 Å². The van der Waals surface area contributed by atoms with Gasteiger partial charge in [0.2, 0.25) is 0 Å². The summed E-state index contributed by atoms with van der Waals surface area (Å²) in [7, 11) is 3.47. The average molecular weight is 915 g/mol. The number of benzene rings is 3. The highest BCUT2D eigenvalue weighted by atomic mass is 33.1. The maximum absolute atomic E-state index is 14.2. The molecule has 4 aliphatic carbocycles. The summed E-state index contributed by atoms with van der Waals surface area (Å²) in [6.45, 7) is 2.06. The van der Waals surface area contributed by atoms with Crippen molar-refractivity contribution in [3.63, 3.8) is 0 Å². The Kier molecular flexibility index (Phi) is 13.1. The molecular weight excluding hydrogens is 855 g/mol. The van der Waals surface area contributed by atoms with Crippen molar-refractivity contribution in [2.24, 2.45) is 39.1 Å². The second kappa shape index (κ2) is 18.7.